The average Bonchev–Trinajstić information content (AvgIpc) is 2.47. The second-order valence-electron chi connectivity index (χ2n) is 5.86. The normalized spacial score (nSPS) is 17.4. The summed E-state index contributed by atoms with van der Waals surface area (Å²) in [6.45, 7) is 5.91. The van der Waals surface area contributed by atoms with Crippen LogP contribution in [0, 0.1) is 0 Å². The topological polar surface area (TPSA) is 69.7 Å². The Kier molecular flexibility index (Phi) is 6.02. The fourth-order valence-electron chi connectivity index (χ4n) is 2.48. The van der Waals surface area contributed by atoms with Crippen LogP contribution in [-0.2, 0) is 14.8 Å². The summed E-state index contributed by atoms with van der Waals surface area (Å²) in [5.74, 6) is -0.0360. The first-order chi connectivity index (χ1) is 10.8. The molecule has 1 N–H and O–H groups in total. The lowest BCUT2D eigenvalue weighted by atomic mass is 10.3. The van der Waals surface area contributed by atoms with Crippen LogP contribution in [-0.4, -0.2) is 62.3 Å². The van der Waals surface area contributed by atoms with Gasteiger partial charge in [0, 0.05) is 37.2 Å². The minimum atomic E-state index is -3.53. The number of carbonyl (C=O) groups excluding carboxylic acids is 1. The van der Waals surface area contributed by atoms with E-state index in [2.05, 4.69) is 5.32 Å². The molecular weight excluding hydrogens is 338 g/mol. The van der Waals surface area contributed by atoms with Crippen molar-refractivity contribution < 1.29 is 13.2 Å². The Hall–Kier alpha value is -1.15. The fraction of sp³-hybridized carbons (Fsp3) is 0.533. The fourth-order valence-corrected chi connectivity index (χ4v) is 4.20. The van der Waals surface area contributed by atoms with Crippen molar-refractivity contribution in [2.45, 2.75) is 24.8 Å². The average molecular weight is 360 g/mol. The number of piperazine rings is 1. The molecule has 8 heteroatoms. The molecule has 1 saturated heterocycles. The summed E-state index contributed by atoms with van der Waals surface area (Å²) in [7, 11) is -3.53. The second-order valence-corrected chi connectivity index (χ2v) is 8.23. The summed E-state index contributed by atoms with van der Waals surface area (Å²) in [5, 5.41) is 3.23. The van der Waals surface area contributed by atoms with Crippen LogP contribution < -0.4 is 5.32 Å². The maximum atomic E-state index is 12.6. The lowest BCUT2D eigenvalue weighted by Crippen LogP contribution is -2.51. The first-order valence-corrected chi connectivity index (χ1v) is 9.38. The van der Waals surface area contributed by atoms with Crippen molar-refractivity contribution in [2.75, 3.05) is 32.7 Å². The molecule has 2 rings (SSSR count). The molecule has 128 valence electrons. The molecule has 0 aromatic heterocycles. The first kappa shape index (κ1) is 18.2. The molecular formula is C15H22ClN3O3S. The number of nitrogens with zero attached hydrogens (tertiary/aromatic N) is 2. The molecule has 0 atom stereocenters. The maximum absolute atomic E-state index is 12.6. The number of sulfonamides is 1. The molecule has 0 unspecified atom stereocenters. The van der Waals surface area contributed by atoms with E-state index in [0.29, 0.717) is 37.7 Å². The van der Waals surface area contributed by atoms with Gasteiger partial charge in [0.15, 0.2) is 0 Å². The third-order valence-electron chi connectivity index (χ3n) is 3.58. The molecule has 1 heterocycles. The first-order valence-electron chi connectivity index (χ1n) is 7.56. The molecule has 1 aromatic carbocycles. The molecule has 1 aliphatic heterocycles. The van der Waals surface area contributed by atoms with Gasteiger partial charge < -0.3 is 5.32 Å². The predicted molar refractivity (Wildman–Crippen MR) is 89.9 cm³/mol. The summed E-state index contributed by atoms with van der Waals surface area (Å²) >= 11 is 5.88. The largest absolute Gasteiger partial charge is 0.353 e. The summed E-state index contributed by atoms with van der Waals surface area (Å²) in [5.41, 5.74) is 0. The number of benzene rings is 1. The third-order valence-corrected chi connectivity index (χ3v) is 5.71. The number of amides is 1. The monoisotopic (exact) mass is 359 g/mol. The Balaban J connectivity index is 1.95. The van der Waals surface area contributed by atoms with E-state index in [1.807, 2.05) is 18.7 Å². The quantitative estimate of drug-likeness (QED) is 0.856. The number of halogens is 1. The van der Waals surface area contributed by atoms with Crippen molar-refractivity contribution in [3.05, 3.63) is 29.3 Å². The molecule has 23 heavy (non-hydrogen) atoms. The zero-order valence-electron chi connectivity index (χ0n) is 13.3. The van der Waals surface area contributed by atoms with Gasteiger partial charge in [0.25, 0.3) is 0 Å². The summed E-state index contributed by atoms with van der Waals surface area (Å²) in [4.78, 5) is 13.9. The van der Waals surface area contributed by atoms with Crippen LogP contribution in [0.3, 0.4) is 0 Å². The van der Waals surface area contributed by atoms with Crippen LogP contribution in [0.5, 0.6) is 0 Å². The van der Waals surface area contributed by atoms with Crippen molar-refractivity contribution in [1.82, 2.24) is 14.5 Å². The highest BCUT2D eigenvalue weighted by molar-refractivity contribution is 7.89. The second kappa shape index (κ2) is 7.61. The van der Waals surface area contributed by atoms with Crippen LogP contribution >= 0.6 is 11.6 Å². The molecule has 1 fully saturated rings. The van der Waals surface area contributed by atoms with Crippen molar-refractivity contribution in [3.63, 3.8) is 0 Å². The Morgan fingerprint density at radius 1 is 1.26 bits per heavy atom. The molecule has 0 spiro atoms. The third kappa shape index (κ3) is 4.91. The van der Waals surface area contributed by atoms with E-state index in [-0.39, 0.29) is 16.8 Å². The van der Waals surface area contributed by atoms with E-state index in [9.17, 15) is 13.2 Å². The molecule has 1 amide bonds. The van der Waals surface area contributed by atoms with Gasteiger partial charge >= 0.3 is 0 Å². The summed E-state index contributed by atoms with van der Waals surface area (Å²) in [6.07, 6.45) is 0. The number of hydrogen-bond donors (Lipinski definition) is 1. The number of rotatable bonds is 5. The molecule has 0 saturated carbocycles. The van der Waals surface area contributed by atoms with Gasteiger partial charge in [-0.05, 0) is 32.0 Å². The SMILES string of the molecule is CC(C)NC(=O)CN1CCN(S(=O)(=O)c2cccc(Cl)c2)CC1. The Morgan fingerprint density at radius 3 is 2.48 bits per heavy atom. The zero-order valence-corrected chi connectivity index (χ0v) is 14.9. The summed E-state index contributed by atoms with van der Waals surface area (Å²) < 4.78 is 26.6. The molecule has 1 aromatic rings. The van der Waals surface area contributed by atoms with E-state index in [1.54, 1.807) is 18.2 Å². The molecule has 0 radical (unpaired) electrons. The Bertz CT molecular complexity index is 656. The van der Waals surface area contributed by atoms with Gasteiger partial charge in [0.05, 0.1) is 11.4 Å². The van der Waals surface area contributed by atoms with E-state index in [0.717, 1.165) is 0 Å². The number of carbonyl (C=O) groups is 1. The highest BCUT2D eigenvalue weighted by Crippen LogP contribution is 2.20. The standard InChI is InChI=1S/C15H22ClN3O3S/c1-12(2)17-15(20)11-18-6-8-19(9-7-18)23(21,22)14-5-3-4-13(16)10-14/h3-5,10,12H,6-9,11H2,1-2H3,(H,17,20). The van der Waals surface area contributed by atoms with E-state index >= 15 is 0 Å². The van der Waals surface area contributed by atoms with Crippen molar-refractivity contribution in [3.8, 4) is 0 Å². The van der Waals surface area contributed by atoms with Gasteiger partial charge in [-0.15, -0.1) is 0 Å². The minimum absolute atomic E-state index is 0.0360. The van der Waals surface area contributed by atoms with Crippen molar-refractivity contribution in [1.29, 1.82) is 0 Å². The number of hydrogen-bond acceptors (Lipinski definition) is 4. The van der Waals surface area contributed by atoms with Gasteiger partial charge in [-0.3, -0.25) is 9.69 Å². The smallest absolute Gasteiger partial charge is 0.243 e. The highest BCUT2D eigenvalue weighted by Gasteiger charge is 2.29. The van der Waals surface area contributed by atoms with Gasteiger partial charge in [0.2, 0.25) is 15.9 Å². The van der Waals surface area contributed by atoms with Gasteiger partial charge in [-0.2, -0.15) is 4.31 Å². The van der Waals surface area contributed by atoms with Crippen LogP contribution in [0.4, 0.5) is 0 Å². The Labute approximate surface area is 142 Å². The molecule has 1 aliphatic rings. The van der Waals surface area contributed by atoms with E-state index < -0.39 is 10.0 Å². The lowest BCUT2D eigenvalue weighted by molar-refractivity contribution is -0.123. The van der Waals surface area contributed by atoms with Crippen LogP contribution in [0.1, 0.15) is 13.8 Å². The van der Waals surface area contributed by atoms with Crippen LogP contribution in [0.15, 0.2) is 29.2 Å². The van der Waals surface area contributed by atoms with Crippen molar-refractivity contribution >= 4 is 27.5 Å². The van der Waals surface area contributed by atoms with Gasteiger partial charge in [-0.25, -0.2) is 8.42 Å². The molecule has 0 aliphatic carbocycles. The highest BCUT2D eigenvalue weighted by atomic mass is 35.5. The van der Waals surface area contributed by atoms with E-state index in [1.165, 1.54) is 10.4 Å². The Morgan fingerprint density at radius 2 is 1.91 bits per heavy atom. The minimum Gasteiger partial charge on any atom is -0.353 e. The number of nitrogens with one attached hydrogen (secondary N) is 1. The zero-order chi connectivity index (χ0) is 17.0. The maximum Gasteiger partial charge on any atom is 0.243 e. The summed E-state index contributed by atoms with van der Waals surface area (Å²) in [6, 6.07) is 6.38. The van der Waals surface area contributed by atoms with E-state index in [4.69, 9.17) is 11.6 Å². The van der Waals surface area contributed by atoms with Crippen molar-refractivity contribution in [2.24, 2.45) is 0 Å². The lowest BCUT2D eigenvalue weighted by Gasteiger charge is -2.33. The van der Waals surface area contributed by atoms with Crippen LogP contribution in [0.25, 0.3) is 0 Å². The molecule has 0 bridgehead atoms. The van der Waals surface area contributed by atoms with Crippen LogP contribution in [0.2, 0.25) is 5.02 Å². The van der Waals surface area contributed by atoms with Gasteiger partial charge in [0.1, 0.15) is 0 Å². The molecule has 6 nitrogen and oxygen atoms in total. The predicted octanol–water partition coefficient (Wildman–Crippen LogP) is 1.17. The van der Waals surface area contributed by atoms with Gasteiger partial charge in [-0.1, -0.05) is 17.7 Å².